The monoisotopic (exact) mass is 389 g/mol. The number of amides is 2. The molecular formula is C20H27N3O3S. The van der Waals surface area contributed by atoms with Crippen molar-refractivity contribution in [3.05, 3.63) is 33.1 Å². The number of carbonyl (C=O) groups excluding carboxylic acids is 2. The molecule has 146 valence electrons. The van der Waals surface area contributed by atoms with Gasteiger partial charge in [0.1, 0.15) is 0 Å². The maximum atomic E-state index is 12.9. The van der Waals surface area contributed by atoms with E-state index >= 15 is 0 Å². The molecule has 0 unspecified atom stereocenters. The largest absolute Gasteiger partial charge is 0.352 e. The van der Waals surface area contributed by atoms with Crippen molar-refractivity contribution in [2.24, 2.45) is 5.92 Å². The average molecular weight is 390 g/mol. The number of nitrogens with zero attached hydrogens (tertiary/aromatic N) is 2. The zero-order valence-corrected chi connectivity index (χ0v) is 17.0. The van der Waals surface area contributed by atoms with Gasteiger partial charge in [-0.05, 0) is 31.7 Å². The SMILES string of the molecule is Cc1sc2ccn(CC(C)C)c(=O)c2c1C(=O)NCCCN1CCCC1=O. The third-order valence-electron chi connectivity index (χ3n) is 4.84. The second-order valence-electron chi connectivity index (χ2n) is 7.53. The molecule has 0 bridgehead atoms. The summed E-state index contributed by atoms with van der Waals surface area (Å²) >= 11 is 1.48. The molecule has 1 fully saturated rings. The van der Waals surface area contributed by atoms with Gasteiger partial charge in [-0.15, -0.1) is 11.3 Å². The van der Waals surface area contributed by atoms with Crippen molar-refractivity contribution in [2.45, 2.75) is 46.6 Å². The number of likely N-dealkylation sites (tertiary alicyclic amines) is 1. The fraction of sp³-hybridized carbons (Fsp3) is 0.550. The molecule has 3 heterocycles. The Kier molecular flexibility index (Phi) is 5.99. The van der Waals surface area contributed by atoms with Crippen molar-refractivity contribution in [1.29, 1.82) is 0 Å². The molecule has 6 nitrogen and oxygen atoms in total. The zero-order valence-electron chi connectivity index (χ0n) is 16.2. The molecule has 1 N–H and O–H groups in total. The first-order valence-electron chi connectivity index (χ1n) is 9.57. The lowest BCUT2D eigenvalue weighted by atomic mass is 10.1. The van der Waals surface area contributed by atoms with Crippen LogP contribution < -0.4 is 10.9 Å². The number of nitrogens with one attached hydrogen (secondary N) is 1. The molecule has 2 amide bonds. The molecule has 0 aliphatic carbocycles. The number of hydrogen-bond acceptors (Lipinski definition) is 4. The molecular weight excluding hydrogens is 362 g/mol. The van der Waals surface area contributed by atoms with Crippen molar-refractivity contribution in [3.63, 3.8) is 0 Å². The van der Waals surface area contributed by atoms with Crippen molar-refractivity contribution < 1.29 is 9.59 Å². The van der Waals surface area contributed by atoms with E-state index in [9.17, 15) is 14.4 Å². The predicted octanol–water partition coefficient (Wildman–Crippen LogP) is 2.77. The van der Waals surface area contributed by atoms with Gasteiger partial charge in [-0.2, -0.15) is 0 Å². The fourth-order valence-electron chi connectivity index (χ4n) is 3.58. The summed E-state index contributed by atoms with van der Waals surface area (Å²) in [7, 11) is 0. The Balaban J connectivity index is 1.72. The summed E-state index contributed by atoms with van der Waals surface area (Å²) in [6.07, 6.45) is 4.09. The van der Waals surface area contributed by atoms with E-state index in [-0.39, 0.29) is 17.4 Å². The number of aromatic nitrogens is 1. The van der Waals surface area contributed by atoms with Gasteiger partial charge in [0.25, 0.3) is 11.5 Å². The smallest absolute Gasteiger partial charge is 0.260 e. The van der Waals surface area contributed by atoms with Gasteiger partial charge in [0.05, 0.1) is 10.9 Å². The number of hydrogen-bond donors (Lipinski definition) is 1. The second-order valence-corrected chi connectivity index (χ2v) is 8.79. The van der Waals surface area contributed by atoms with E-state index in [0.717, 1.165) is 29.0 Å². The lowest BCUT2D eigenvalue weighted by molar-refractivity contribution is -0.127. The molecule has 0 radical (unpaired) electrons. The molecule has 0 spiro atoms. The van der Waals surface area contributed by atoms with E-state index in [2.05, 4.69) is 19.2 Å². The molecule has 27 heavy (non-hydrogen) atoms. The number of carbonyl (C=O) groups is 2. The molecule has 0 atom stereocenters. The van der Waals surface area contributed by atoms with E-state index in [0.29, 0.717) is 42.9 Å². The van der Waals surface area contributed by atoms with Gasteiger partial charge in [-0.1, -0.05) is 13.8 Å². The Morgan fingerprint density at radius 2 is 2.11 bits per heavy atom. The number of pyridine rings is 1. The highest BCUT2D eigenvalue weighted by Crippen LogP contribution is 2.28. The van der Waals surface area contributed by atoms with E-state index in [1.807, 2.05) is 24.1 Å². The Hall–Kier alpha value is -2.15. The topological polar surface area (TPSA) is 71.4 Å². The standard InChI is InChI=1S/C20H27N3O3S/c1-13(2)12-23-11-7-15-18(20(23)26)17(14(3)27-15)19(25)21-8-5-10-22-9-4-6-16(22)24/h7,11,13H,4-6,8-10,12H2,1-3H3,(H,21,25). The highest BCUT2D eigenvalue weighted by atomic mass is 32.1. The van der Waals surface area contributed by atoms with Crippen LogP contribution in [0.5, 0.6) is 0 Å². The van der Waals surface area contributed by atoms with Gasteiger partial charge in [-0.25, -0.2) is 0 Å². The van der Waals surface area contributed by atoms with Gasteiger partial charge < -0.3 is 14.8 Å². The molecule has 7 heteroatoms. The third-order valence-corrected chi connectivity index (χ3v) is 5.91. The third kappa shape index (κ3) is 4.24. The molecule has 1 aliphatic rings. The van der Waals surface area contributed by atoms with Gasteiger partial charge in [0.15, 0.2) is 0 Å². The Bertz CT molecular complexity index is 913. The molecule has 0 saturated carbocycles. The van der Waals surface area contributed by atoms with Crippen LogP contribution in [-0.2, 0) is 11.3 Å². The Labute approximate surface area is 163 Å². The molecule has 2 aromatic rings. The van der Waals surface area contributed by atoms with Crippen molar-refractivity contribution in [3.8, 4) is 0 Å². The normalized spacial score (nSPS) is 14.5. The van der Waals surface area contributed by atoms with Gasteiger partial charge in [0.2, 0.25) is 5.91 Å². The van der Waals surface area contributed by atoms with Crippen LogP contribution in [-0.4, -0.2) is 40.9 Å². The molecule has 3 rings (SSSR count). The van der Waals surface area contributed by atoms with E-state index in [4.69, 9.17) is 0 Å². The van der Waals surface area contributed by atoms with E-state index in [1.165, 1.54) is 11.3 Å². The number of fused-ring (bicyclic) bond motifs is 1. The van der Waals surface area contributed by atoms with Gasteiger partial charge in [0, 0.05) is 48.4 Å². The summed E-state index contributed by atoms with van der Waals surface area (Å²) in [5.41, 5.74) is 0.397. The summed E-state index contributed by atoms with van der Waals surface area (Å²) < 4.78 is 2.54. The second kappa shape index (κ2) is 8.25. The first kappa shape index (κ1) is 19.6. The number of rotatable bonds is 7. The lowest BCUT2D eigenvalue weighted by Crippen LogP contribution is -2.31. The van der Waals surface area contributed by atoms with E-state index < -0.39 is 0 Å². The maximum Gasteiger partial charge on any atom is 0.260 e. The average Bonchev–Trinajstić information content (AvgIpc) is 3.16. The summed E-state index contributed by atoms with van der Waals surface area (Å²) in [6.45, 7) is 8.62. The summed E-state index contributed by atoms with van der Waals surface area (Å²) in [4.78, 5) is 40.0. The number of aryl methyl sites for hydroxylation is 1. The first-order chi connectivity index (χ1) is 12.9. The molecule has 0 aromatic carbocycles. The predicted molar refractivity (Wildman–Crippen MR) is 108 cm³/mol. The van der Waals surface area contributed by atoms with Crippen LogP contribution in [0, 0.1) is 12.8 Å². The van der Waals surface area contributed by atoms with Gasteiger partial charge >= 0.3 is 0 Å². The summed E-state index contributed by atoms with van der Waals surface area (Å²) in [6, 6.07) is 1.92. The lowest BCUT2D eigenvalue weighted by Gasteiger charge is -2.15. The molecule has 2 aromatic heterocycles. The minimum Gasteiger partial charge on any atom is -0.352 e. The van der Waals surface area contributed by atoms with Crippen LogP contribution in [0.1, 0.15) is 48.3 Å². The highest BCUT2D eigenvalue weighted by Gasteiger charge is 2.21. The Morgan fingerprint density at radius 1 is 1.33 bits per heavy atom. The van der Waals surface area contributed by atoms with Crippen molar-refractivity contribution in [2.75, 3.05) is 19.6 Å². The molecule has 1 saturated heterocycles. The first-order valence-corrected chi connectivity index (χ1v) is 10.4. The molecule has 1 aliphatic heterocycles. The minimum atomic E-state index is -0.203. The highest BCUT2D eigenvalue weighted by molar-refractivity contribution is 7.19. The van der Waals surface area contributed by atoms with Crippen LogP contribution in [0.2, 0.25) is 0 Å². The van der Waals surface area contributed by atoms with Crippen LogP contribution >= 0.6 is 11.3 Å². The Morgan fingerprint density at radius 3 is 2.78 bits per heavy atom. The number of thiophene rings is 1. The zero-order chi connectivity index (χ0) is 19.6. The minimum absolute atomic E-state index is 0.0987. The van der Waals surface area contributed by atoms with Crippen molar-refractivity contribution >= 4 is 33.2 Å². The maximum absolute atomic E-state index is 12.9. The summed E-state index contributed by atoms with van der Waals surface area (Å²) in [5.74, 6) is 0.350. The van der Waals surface area contributed by atoms with Crippen LogP contribution in [0.15, 0.2) is 17.1 Å². The van der Waals surface area contributed by atoms with E-state index in [1.54, 1.807) is 4.57 Å². The fourth-order valence-corrected chi connectivity index (χ4v) is 4.62. The quantitative estimate of drug-likeness (QED) is 0.740. The van der Waals surface area contributed by atoms with Crippen molar-refractivity contribution in [1.82, 2.24) is 14.8 Å². The summed E-state index contributed by atoms with van der Waals surface area (Å²) in [5, 5.41) is 3.45. The van der Waals surface area contributed by atoms with Gasteiger partial charge in [-0.3, -0.25) is 14.4 Å². The van der Waals surface area contributed by atoms with Crippen LogP contribution in [0.3, 0.4) is 0 Å². The van der Waals surface area contributed by atoms with Crippen LogP contribution in [0.4, 0.5) is 0 Å². The van der Waals surface area contributed by atoms with Crippen LogP contribution in [0.25, 0.3) is 10.1 Å².